The Bertz CT molecular complexity index is 693. The van der Waals surface area contributed by atoms with Crippen molar-refractivity contribution in [3.05, 3.63) is 66.2 Å². The summed E-state index contributed by atoms with van der Waals surface area (Å²) in [7, 11) is 0. The molecule has 0 amide bonds. The van der Waals surface area contributed by atoms with E-state index in [9.17, 15) is 0 Å². The minimum atomic E-state index is 0.562. The van der Waals surface area contributed by atoms with Crippen LogP contribution in [0.5, 0.6) is 0 Å². The maximum Gasteiger partial charge on any atom is 0.188 e. The van der Waals surface area contributed by atoms with Gasteiger partial charge in [0.2, 0.25) is 0 Å². The molecule has 3 rings (SSSR count). The molecule has 1 aliphatic heterocycles. The lowest BCUT2D eigenvalue weighted by molar-refractivity contribution is 0.253. The molecule has 1 fully saturated rings. The van der Waals surface area contributed by atoms with Crippen molar-refractivity contribution in [3.63, 3.8) is 0 Å². The number of benzene rings is 2. The van der Waals surface area contributed by atoms with Crippen LogP contribution in [0.3, 0.4) is 0 Å². The van der Waals surface area contributed by atoms with Gasteiger partial charge >= 0.3 is 0 Å². The minimum Gasteiger partial charge on any atom is -0.370 e. The number of aliphatic imine (C=N–C) groups is 1. The Balaban J connectivity index is 1.23. The molecule has 150 valence electrons. The van der Waals surface area contributed by atoms with E-state index in [2.05, 4.69) is 74.7 Å². The molecule has 1 heterocycles. The Kier molecular flexibility index (Phi) is 8.19. The zero-order valence-electron chi connectivity index (χ0n) is 16.8. The fraction of sp³-hybridized carbons (Fsp3) is 0.435. The number of nitrogens with one attached hydrogen (secondary N) is 1. The smallest absolute Gasteiger partial charge is 0.188 e. The van der Waals surface area contributed by atoms with Crippen LogP contribution in [0.15, 0.2) is 65.7 Å². The number of hydrogen-bond donors (Lipinski definition) is 2. The van der Waals surface area contributed by atoms with Gasteiger partial charge in [-0.25, -0.2) is 0 Å². The van der Waals surface area contributed by atoms with E-state index in [0.717, 1.165) is 58.7 Å². The standard InChI is InChI=1S/C23H33N5/c24-23(26-15-13-21-9-3-1-4-10-21)25-14-7-8-16-27-17-19-28(20-18-27)22-11-5-2-6-12-22/h1-6,9-12H,7-8,13-20H2,(H3,24,25,26). The third-order valence-electron chi connectivity index (χ3n) is 5.22. The largest absolute Gasteiger partial charge is 0.370 e. The van der Waals surface area contributed by atoms with E-state index in [-0.39, 0.29) is 0 Å². The van der Waals surface area contributed by atoms with Gasteiger partial charge < -0.3 is 16.0 Å². The summed E-state index contributed by atoms with van der Waals surface area (Å²) in [5, 5.41) is 3.20. The molecule has 0 saturated carbocycles. The van der Waals surface area contributed by atoms with Crippen LogP contribution in [0, 0.1) is 0 Å². The molecule has 1 saturated heterocycles. The summed E-state index contributed by atoms with van der Waals surface area (Å²) in [5.74, 6) is 0.562. The Morgan fingerprint density at radius 1 is 0.893 bits per heavy atom. The molecule has 2 aromatic rings. The van der Waals surface area contributed by atoms with Crippen LogP contribution in [0.4, 0.5) is 5.69 Å². The molecule has 28 heavy (non-hydrogen) atoms. The zero-order chi connectivity index (χ0) is 19.4. The molecule has 2 aromatic carbocycles. The molecule has 1 aliphatic rings. The minimum absolute atomic E-state index is 0.562. The van der Waals surface area contributed by atoms with Gasteiger partial charge in [0.25, 0.3) is 0 Å². The zero-order valence-corrected chi connectivity index (χ0v) is 16.8. The first-order valence-corrected chi connectivity index (χ1v) is 10.4. The SMILES string of the molecule is NC(=NCCCCN1CCN(c2ccccc2)CC1)NCCc1ccccc1. The van der Waals surface area contributed by atoms with Crippen LogP contribution in [0.1, 0.15) is 18.4 Å². The van der Waals surface area contributed by atoms with Gasteiger partial charge in [-0.3, -0.25) is 9.89 Å². The summed E-state index contributed by atoms with van der Waals surface area (Å²) in [6, 6.07) is 21.1. The summed E-state index contributed by atoms with van der Waals surface area (Å²) < 4.78 is 0. The fourth-order valence-corrected chi connectivity index (χ4v) is 3.55. The van der Waals surface area contributed by atoms with Crippen molar-refractivity contribution in [2.75, 3.05) is 50.7 Å². The lowest BCUT2D eigenvalue weighted by atomic mass is 10.1. The lowest BCUT2D eigenvalue weighted by Gasteiger charge is -2.36. The molecular formula is C23H33N5. The van der Waals surface area contributed by atoms with Crippen LogP contribution >= 0.6 is 0 Å². The van der Waals surface area contributed by atoms with Gasteiger partial charge in [-0.05, 0) is 43.5 Å². The van der Waals surface area contributed by atoms with Crippen molar-refractivity contribution < 1.29 is 0 Å². The molecule has 0 radical (unpaired) electrons. The van der Waals surface area contributed by atoms with Gasteiger partial charge in [-0.2, -0.15) is 0 Å². The predicted octanol–water partition coefficient (Wildman–Crippen LogP) is 2.74. The van der Waals surface area contributed by atoms with Crippen LogP contribution in [-0.4, -0.2) is 56.7 Å². The summed E-state index contributed by atoms with van der Waals surface area (Å²) in [5.41, 5.74) is 8.61. The van der Waals surface area contributed by atoms with Gasteiger partial charge in [-0.1, -0.05) is 48.5 Å². The molecule has 0 spiro atoms. The Hall–Kier alpha value is -2.53. The van der Waals surface area contributed by atoms with Gasteiger partial charge in [-0.15, -0.1) is 0 Å². The summed E-state index contributed by atoms with van der Waals surface area (Å²) in [6.45, 7) is 7.28. The van der Waals surface area contributed by atoms with Crippen LogP contribution in [0.2, 0.25) is 0 Å². The molecule has 0 aliphatic carbocycles. The number of nitrogens with zero attached hydrogens (tertiary/aromatic N) is 3. The van der Waals surface area contributed by atoms with Gasteiger partial charge in [0, 0.05) is 45.0 Å². The first-order valence-electron chi connectivity index (χ1n) is 10.4. The molecule has 5 nitrogen and oxygen atoms in total. The van der Waals surface area contributed by atoms with Gasteiger partial charge in [0.05, 0.1) is 0 Å². The van der Waals surface area contributed by atoms with Crippen molar-refractivity contribution in [1.29, 1.82) is 0 Å². The van der Waals surface area contributed by atoms with E-state index in [1.54, 1.807) is 0 Å². The third-order valence-corrected chi connectivity index (χ3v) is 5.22. The number of rotatable bonds is 9. The van der Waals surface area contributed by atoms with Crippen molar-refractivity contribution in [1.82, 2.24) is 10.2 Å². The van der Waals surface area contributed by atoms with Gasteiger partial charge in [0.1, 0.15) is 0 Å². The molecule has 0 aromatic heterocycles. The van der Waals surface area contributed by atoms with Crippen molar-refractivity contribution >= 4 is 11.6 Å². The van der Waals surface area contributed by atoms with Crippen LogP contribution in [-0.2, 0) is 6.42 Å². The quantitative estimate of drug-likeness (QED) is 0.400. The van der Waals surface area contributed by atoms with Crippen molar-refractivity contribution in [2.24, 2.45) is 10.7 Å². The maximum absolute atomic E-state index is 5.96. The second-order valence-corrected chi connectivity index (χ2v) is 7.30. The topological polar surface area (TPSA) is 56.9 Å². The summed E-state index contributed by atoms with van der Waals surface area (Å²) in [6.07, 6.45) is 3.22. The molecule has 0 atom stereocenters. The van der Waals surface area contributed by atoms with E-state index in [1.807, 2.05) is 6.07 Å². The molecular weight excluding hydrogens is 346 g/mol. The number of piperazine rings is 1. The first kappa shape index (κ1) is 20.2. The van der Waals surface area contributed by atoms with E-state index < -0.39 is 0 Å². The normalized spacial score (nSPS) is 15.6. The van der Waals surface area contributed by atoms with Crippen molar-refractivity contribution in [3.8, 4) is 0 Å². The van der Waals surface area contributed by atoms with Gasteiger partial charge in [0.15, 0.2) is 5.96 Å². The highest BCUT2D eigenvalue weighted by Gasteiger charge is 2.16. The highest BCUT2D eigenvalue weighted by atomic mass is 15.3. The van der Waals surface area contributed by atoms with E-state index in [1.165, 1.54) is 17.7 Å². The average Bonchev–Trinajstić information content (AvgIpc) is 2.75. The lowest BCUT2D eigenvalue weighted by Crippen LogP contribution is -2.46. The van der Waals surface area contributed by atoms with Crippen LogP contribution < -0.4 is 16.0 Å². The highest BCUT2D eigenvalue weighted by Crippen LogP contribution is 2.15. The number of unbranched alkanes of at least 4 members (excludes halogenated alkanes) is 1. The number of anilines is 1. The number of para-hydroxylation sites is 1. The first-order chi connectivity index (χ1) is 13.8. The van der Waals surface area contributed by atoms with E-state index in [0.29, 0.717) is 5.96 Å². The van der Waals surface area contributed by atoms with Crippen LogP contribution in [0.25, 0.3) is 0 Å². The van der Waals surface area contributed by atoms with E-state index in [4.69, 9.17) is 5.73 Å². The van der Waals surface area contributed by atoms with E-state index >= 15 is 0 Å². The molecule has 3 N–H and O–H groups in total. The van der Waals surface area contributed by atoms with Crippen molar-refractivity contribution in [2.45, 2.75) is 19.3 Å². The number of nitrogens with two attached hydrogens (primary N) is 1. The predicted molar refractivity (Wildman–Crippen MR) is 119 cm³/mol. The maximum atomic E-state index is 5.96. The Morgan fingerprint density at radius 2 is 1.57 bits per heavy atom. The second-order valence-electron chi connectivity index (χ2n) is 7.30. The summed E-state index contributed by atoms with van der Waals surface area (Å²) in [4.78, 5) is 9.48. The monoisotopic (exact) mass is 379 g/mol. The third kappa shape index (κ3) is 6.89. The summed E-state index contributed by atoms with van der Waals surface area (Å²) >= 11 is 0. The highest BCUT2D eigenvalue weighted by molar-refractivity contribution is 5.77. The number of guanidine groups is 1. The Morgan fingerprint density at radius 3 is 2.29 bits per heavy atom. The molecule has 5 heteroatoms. The number of hydrogen-bond acceptors (Lipinski definition) is 3. The average molecular weight is 380 g/mol. The molecule has 0 unspecified atom stereocenters. The molecule has 0 bridgehead atoms. The second kappa shape index (κ2) is 11.3. The fourth-order valence-electron chi connectivity index (χ4n) is 3.55. The Labute approximate surface area is 169 Å².